The first-order valence-corrected chi connectivity index (χ1v) is 12.7. The minimum absolute atomic E-state index is 0.160. The number of H-pyrrole nitrogens is 1. The first-order valence-electron chi connectivity index (χ1n) is 12.7. The Labute approximate surface area is 213 Å². The lowest BCUT2D eigenvalue weighted by atomic mass is 10.0. The molecule has 4 rings (SSSR count). The summed E-state index contributed by atoms with van der Waals surface area (Å²) in [6.07, 6.45) is 3.71. The molecule has 0 aliphatic carbocycles. The molecule has 1 amide bonds. The molecule has 8 heteroatoms. The molecule has 3 N–H and O–H groups in total. The largest absolute Gasteiger partial charge is 0.497 e. The number of nitrogens with one attached hydrogen (secondary N) is 3. The van der Waals surface area contributed by atoms with E-state index in [0.29, 0.717) is 23.5 Å². The van der Waals surface area contributed by atoms with Gasteiger partial charge in [-0.05, 0) is 67.6 Å². The molecule has 0 spiro atoms. The quantitative estimate of drug-likeness (QED) is 0.389. The third kappa shape index (κ3) is 6.37. The van der Waals surface area contributed by atoms with E-state index in [2.05, 4.69) is 39.6 Å². The van der Waals surface area contributed by atoms with E-state index in [-0.39, 0.29) is 5.91 Å². The smallest absolute Gasteiger partial charge is 0.256 e. The van der Waals surface area contributed by atoms with Crippen LogP contribution >= 0.6 is 0 Å². The van der Waals surface area contributed by atoms with E-state index >= 15 is 0 Å². The number of hydrogen-bond acceptors (Lipinski definition) is 6. The third-order valence-corrected chi connectivity index (χ3v) is 6.79. The number of benzene rings is 2. The Morgan fingerprint density at radius 1 is 0.972 bits per heavy atom. The fourth-order valence-electron chi connectivity index (χ4n) is 4.61. The maximum absolute atomic E-state index is 12.8. The lowest BCUT2D eigenvalue weighted by Crippen LogP contribution is -2.56. The predicted molar refractivity (Wildman–Crippen MR) is 143 cm³/mol. The van der Waals surface area contributed by atoms with Crippen LogP contribution in [-0.4, -0.2) is 55.5 Å². The average Bonchev–Trinajstić information content (AvgIpc) is 3.38. The number of piperazine rings is 1. The van der Waals surface area contributed by atoms with Gasteiger partial charge >= 0.3 is 0 Å². The minimum Gasteiger partial charge on any atom is -0.497 e. The van der Waals surface area contributed by atoms with Crippen molar-refractivity contribution in [3.05, 3.63) is 65.4 Å². The van der Waals surface area contributed by atoms with Gasteiger partial charge in [-0.1, -0.05) is 13.8 Å². The Morgan fingerprint density at radius 2 is 1.61 bits per heavy atom. The summed E-state index contributed by atoms with van der Waals surface area (Å²) in [6.45, 7) is 6.41. The van der Waals surface area contributed by atoms with Crippen molar-refractivity contribution in [2.24, 2.45) is 0 Å². The van der Waals surface area contributed by atoms with Crippen LogP contribution in [0.15, 0.2) is 48.5 Å². The highest BCUT2D eigenvalue weighted by Gasteiger charge is 2.24. The molecule has 192 valence electrons. The van der Waals surface area contributed by atoms with Gasteiger partial charge in [0.25, 0.3) is 5.91 Å². The Morgan fingerprint density at radius 3 is 2.19 bits per heavy atom. The van der Waals surface area contributed by atoms with Crippen LogP contribution in [0, 0.1) is 0 Å². The molecule has 1 aromatic heterocycles. The van der Waals surface area contributed by atoms with Gasteiger partial charge in [-0.2, -0.15) is 5.10 Å². The van der Waals surface area contributed by atoms with Crippen molar-refractivity contribution in [1.82, 2.24) is 15.5 Å². The van der Waals surface area contributed by atoms with Crippen LogP contribution in [0.2, 0.25) is 0 Å². The van der Waals surface area contributed by atoms with E-state index in [4.69, 9.17) is 9.47 Å². The number of carbonyl (C=O) groups excluding carboxylic acids is 1. The molecule has 0 radical (unpaired) electrons. The second-order valence-corrected chi connectivity index (χ2v) is 9.28. The highest BCUT2D eigenvalue weighted by atomic mass is 16.5. The zero-order valence-electron chi connectivity index (χ0n) is 21.6. The number of nitrogens with zero attached hydrogens (tertiary/aromatic N) is 2. The number of anilines is 2. The summed E-state index contributed by atoms with van der Waals surface area (Å²) in [7, 11) is 3.28. The Bertz CT molecular complexity index is 1110. The molecule has 1 aliphatic rings. The summed E-state index contributed by atoms with van der Waals surface area (Å²) in [5, 5.41) is 13.9. The molecule has 3 aromatic rings. The number of carbonyl (C=O) groups is 1. The van der Waals surface area contributed by atoms with Crippen LogP contribution in [0.3, 0.4) is 0 Å². The Kier molecular flexibility index (Phi) is 8.48. The van der Waals surface area contributed by atoms with Gasteiger partial charge in [-0.25, -0.2) is 0 Å². The summed E-state index contributed by atoms with van der Waals surface area (Å²) < 4.78 is 10.7. The number of amides is 1. The van der Waals surface area contributed by atoms with E-state index in [1.165, 1.54) is 0 Å². The van der Waals surface area contributed by atoms with Gasteiger partial charge in [0.2, 0.25) is 0 Å². The lowest BCUT2D eigenvalue weighted by Gasteiger charge is -2.40. The minimum atomic E-state index is -0.160. The van der Waals surface area contributed by atoms with Crippen molar-refractivity contribution in [1.29, 1.82) is 0 Å². The molecule has 2 atom stereocenters. The molecule has 1 fully saturated rings. The fraction of sp³-hybridized carbons (Fsp3) is 0.429. The number of aromatic amines is 1. The number of ether oxygens (including phenoxy) is 2. The van der Waals surface area contributed by atoms with E-state index in [0.717, 1.165) is 67.2 Å². The summed E-state index contributed by atoms with van der Waals surface area (Å²) in [5.74, 6) is 1.95. The van der Waals surface area contributed by atoms with E-state index in [1.807, 2.05) is 48.5 Å². The number of aromatic nitrogens is 2. The van der Waals surface area contributed by atoms with Gasteiger partial charge < -0.3 is 25.0 Å². The van der Waals surface area contributed by atoms with E-state index < -0.39 is 0 Å². The highest BCUT2D eigenvalue weighted by Crippen LogP contribution is 2.24. The first-order chi connectivity index (χ1) is 17.5. The molecular weight excluding hydrogens is 454 g/mol. The summed E-state index contributed by atoms with van der Waals surface area (Å²) >= 11 is 0. The molecule has 2 unspecified atom stereocenters. The second-order valence-electron chi connectivity index (χ2n) is 9.28. The molecule has 0 bridgehead atoms. The fourth-order valence-corrected chi connectivity index (χ4v) is 4.61. The Hall–Kier alpha value is -3.52. The van der Waals surface area contributed by atoms with Crippen LogP contribution in [0.5, 0.6) is 11.5 Å². The normalized spacial score (nSPS) is 17.6. The van der Waals surface area contributed by atoms with E-state index in [9.17, 15) is 4.79 Å². The van der Waals surface area contributed by atoms with Crippen molar-refractivity contribution in [3.63, 3.8) is 0 Å². The maximum Gasteiger partial charge on any atom is 0.256 e. The van der Waals surface area contributed by atoms with Crippen molar-refractivity contribution in [2.75, 3.05) is 37.5 Å². The van der Waals surface area contributed by atoms with Gasteiger partial charge in [0.1, 0.15) is 17.3 Å². The van der Waals surface area contributed by atoms with Gasteiger partial charge in [0, 0.05) is 48.6 Å². The van der Waals surface area contributed by atoms with Crippen LogP contribution in [0.4, 0.5) is 11.5 Å². The predicted octanol–water partition coefficient (Wildman–Crippen LogP) is 4.43. The summed E-state index contributed by atoms with van der Waals surface area (Å²) in [5.41, 5.74) is 3.74. The SMILES string of the molecule is CCC1CN(c2ccc(C(=O)Nc3cc(CCc4cc(OC)cc(OC)c4)n[nH]3)cc2)CC(CC)N1. The summed E-state index contributed by atoms with van der Waals surface area (Å²) in [4.78, 5) is 15.2. The van der Waals surface area contributed by atoms with Crippen LogP contribution in [0.25, 0.3) is 0 Å². The van der Waals surface area contributed by atoms with Gasteiger partial charge in [0.15, 0.2) is 0 Å². The number of methoxy groups -OCH3 is 2. The average molecular weight is 492 g/mol. The van der Waals surface area contributed by atoms with E-state index in [1.54, 1.807) is 14.2 Å². The Balaban J connectivity index is 1.33. The highest BCUT2D eigenvalue weighted by molar-refractivity contribution is 6.03. The van der Waals surface area contributed by atoms with Crippen molar-refractivity contribution >= 4 is 17.4 Å². The molecule has 36 heavy (non-hydrogen) atoms. The van der Waals surface area contributed by atoms with Gasteiger partial charge in [0.05, 0.1) is 19.9 Å². The number of hydrogen-bond donors (Lipinski definition) is 3. The van der Waals surface area contributed by atoms with Gasteiger partial charge in [-0.3, -0.25) is 9.89 Å². The van der Waals surface area contributed by atoms with Crippen LogP contribution in [-0.2, 0) is 12.8 Å². The number of aryl methyl sites for hydroxylation is 2. The molecule has 2 heterocycles. The van der Waals surface area contributed by atoms with Crippen molar-refractivity contribution < 1.29 is 14.3 Å². The van der Waals surface area contributed by atoms with Crippen molar-refractivity contribution in [2.45, 2.75) is 51.6 Å². The molecule has 0 saturated carbocycles. The second kappa shape index (κ2) is 11.9. The molecule has 8 nitrogen and oxygen atoms in total. The lowest BCUT2D eigenvalue weighted by molar-refractivity contribution is 0.102. The topological polar surface area (TPSA) is 91.5 Å². The zero-order chi connectivity index (χ0) is 25.5. The standard InChI is InChI=1S/C28H37N5O3/c1-5-21-17-33(18-22(6-2)29-21)24-11-8-20(9-12-24)28(34)30-27-15-23(31-32-27)10-7-19-13-25(35-3)16-26(14-19)36-4/h8-9,11-16,21-22,29H,5-7,10,17-18H2,1-4H3,(H2,30,31,32,34). The monoisotopic (exact) mass is 491 g/mol. The zero-order valence-corrected chi connectivity index (χ0v) is 21.6. The molecular formula is C28H37N5O3. The van der Waals surface area contributed by atoms with Gasteiger partial charge in [-0.15, -0.1) is 0 Å². The molecule has 2 aromatic carbocycles. The number of rotatable bonds is 10. The molecule has 1 saturated heterocycles. The molecule has 1 aliphatic heterocycles. The van der Waals surface area contributed by atoms with Crippen LogP contribution in [0.1, 0.15) is 48.3 Å². The third-order valence-electron chi connectivity index (χ3n) is 6.79. The maximum atomic E-state index is 12.8. The summed E-state index contributed by atoms with van der Waals surface area (Å²) in [6, 6.07) is 16.6. The first kappa shape index (κ1) is 25.6. The van der Waals surface area contributed by atoms with Crippen LogP contribution < -0.4 is 25.0 Å². The van der Waals surface area contributed by atoms with Crippen molar-refractivity contribution in [3.8, 4) is 11.5 Å².